The van der Waals surface area contributed by atoms with Crippen molar-refractivity contribution < 1.29 is 14.0 Å². The van der Waals surface area contributed by atoms with Gasteiger partial charge < -0.3 is 14.0 Å². The van der Waals surface area contributed by atoms with Crippen molar-refractivity contribution in [2.75, 3.05) is 20.3 Å². The van der Waals surface area contributed by atoms with Gasteiger partial charge >= 0.3 is 0 Å². The van der Waals surface area contributed by atoms with Crippen molar-refractivity contribution in [1.82, 2.24) is 20.0 Å². The predicted octanol–water partition coefficient (Wildman–Crippen LogP) is 1.93. The number of aryl methyl sites for hydroxylation is 1. The zero-order valence-corrected chi connectivity index (χ0v) is 14.0. The maximum Gasteiger partial charge on any atom is 0.231 e. The van der Waals surface area contributed by atoms with E-state index in [1.807, 2.05) is 13.0 Å². The van der Waals surface area contributed by atoms with Crippen LogP contribution in [0.3, 0.4) is 0 Å². The monoisotopic (exact) mass is 330 g/mol. The van der Waals surface area contributed by atoms with Crippen molar-refractivity contribution in [2.45, 2.75) is 44.4 Å². The van der Waals surface area contributed by atoms with E-state index in [4.69, 9.17) is 14.0 Å². The Kier molecular flexibility index (Phi) is 4.20. The topological polar surface area (TPSA) is 73.5 Å². The normalized spacial score (nSPS) is 27.2. The Morgan fingerprint density at radius 3 is 3.12 bits per heavy atom. The average molecular weight is 330 g/mol. The van der Waals surface area contributed by atoms with Crippen molar-refractivity contribution >= 4 is 0 Å². The summed E-state index contributed by atoms with van der Waals surface area (Å²) >= 11 is 0. The van der Waals surface area contributed by atoms with Crippen LogP contribution >= 0.6 is 0 Å². The summed E-state index contributed by atoms with van der Waals surface area (Å²) in [5, 5.41) is 3.94. The second kappa shape index (κ2) is 6.49. The minimum atomic E-state index is 0.202. The lowest BCUT2D eigenvalue weighted by atomic mass is 9.89. The Morgan fingerprint density at radius 1 is 1.42 bits per heavy atom. The number of hydrogen-bond donors (Lipinski definition) is 0. The Balaban J connectivity index is 1.57. The van der Waals surface area contributed by atoms with Crippen LogP contribution in [-0.2, 0) is 11.3 Å². The molecular formula is C17H22N4O3. The van der Waals surface area contributed by atoms with Gasteiger partial charge in [0.15, 0.2) is 5.82 Å². The standard InChI is InChI=1S/C17H22N4O3/c1-11-19-17(24-20-11)13-8-15-14(5-7-23-15)21(10-13)9-12-4-3-6-18-16(12)22-2/h3-4,6,13-15H,5,7-10H2,1-2H3/t13-,14+,15+/m0/s1. The Hall–Kier alpha value is -1.99. The van der Waals surface area contributed by atoms with Gasteiger partial charge in [-0.2, -0.15) is 4.98 Å². The van der Waals surface area contributed by atoms with Crippen LogP contribution in [0.1, 0.15) is 36.0 Å². The highest BCUT2D eigenvalue weighted by Gasteiger charge is 2.42. The van der Waals surface area contributed by atoms with Gasteiger partial charge in [0.2, 0.25) is 11.8 Å². The van der Waals surface area contributed by atoms with Crippen LogP contribution in [0.4, 0.5) is 0 Å². The number of pyridine rings is 1. The van der Waals surface area contributed by atoms with Gasteiger partial charge in [0.1, 0.15) is 0 Å². The summed E-state index contributed by atoms with van der Waals surface area (Å²) in [5.41, 5.74) is 1.09. The largest absolute Gasteiger partial charge is 0.481 e. The highest BCUT2D eigenvalue weighted by molar-refractivity contribution is 5.25. The van der Waals surface area contributed by atoms with Gasteiger partial charge in [-0.15, -0.1) is 0 Å². The molecule has 7 nitrogen and oxygen atoms in total. The molecule has 128 valence electrons. The van der Waals surface area contributed by atoms with Crippen molar-refractivity contribution in [3.8, 4) is 5.88 Å². The highest BCUT2D eigenvalue weighted by Crippen LogP contribution is 2.37. The molecule has 2 aromatic rings. The molecule has 2 aromatic heterocycles. The molecule has 2 saturated heterocycles. The van der Waals surface area contributed by atoms with E-state index in [1.54, 1.807) is 13.3 Å². The number of methoxy groups -OCH3 is 1. The third kappa shape index (κ3) is 2.89. The zero-order chi connectivity index (χ0) is 16.5. The summed E-state index contributed by atoms with van der Waals surface area (Å²) in [5.74, 6) is 2.28. The number of likely N-dealkylation sites (tertiary alicyclic amines) is 1. The number of piperidine rings is 1. The first-order valence-electron chi connectivity index (χ1n) is 8.38. The second-order valence-corrected chi connectivity index (χ2v) is 6.48. The molecule has 3 atom stereocenters. The molecule has 0 amide bonds. The number of ether oxygens (including phenoxy) is 2. The third-order valence-corrected chi connectivity index (χ3v) is 4.92. The molecule has 0 unspecified atom stereocenters. The number of nitrogens with zero attached hydrogens (tertiary/aromatic N) is 4. The molecule has 0 radical (unpaired) electrons. The fraction of sp³-hybridized carbons (Fsp3) is 0.588. The van der Waals surface area contributed by atoms with E-state index < -0.39 is 0 Å². The molecule has 24 heavy (non-hydrogen) atoms. The van der Waals surface area contributed by atoms with Crippen LogP contribution in [0.15, 0.2) is 22.9 Å². The minimum Gasteiger partial charge on any atom is -0.481 e. The van der Waals surface area contributed by atoms with Gasteiger partial charge in [-0.1, -0.05) is 11.2 Å². The summed E-state index contributed by atoms with van der Waals surface area (Å²) in [7, 11) is 1.66. The number of rotatable bonds is 4. The Morgan fingerprint density at radius 2 is 2.33 bits per heavy atom. The van der Waals surface area contributed by atoms with Crippen LogP contribution in [0, 0.1) is 6.92 Å². The summed E-state index contributed by atoms with van der Waals surface area (Å²) in [6, 6.07) is 4.44. The molecule has 7 heteroatoms. The van der Waals surface area contributed by atoms with E-state index in [0.717, 1.165) is 38.1 Å². The number of fused-ring (bicyclic) bond motifs is 1. The van der Waals surface area contributed by atoms with Crippen molar-refractivity contribution in [3.05, 3.63) is 35.6 Å². The molecule has 0 aliphatic carbocycles. The quantitative estimate of drug-likeness (QED) is 0.848. The van der Waals surface area contributed by atoms with E-state index in [0.29, 0.717) is 23.6 Å². The number of hydrogen-bond acceptors (Lipinski definition) is 7. The Labute approximate surface area is 141 Å². The molecule has 0 N–H and O–H groups in total. The first-order chi connectivity index (χ1) is 11.7. The molecule has 4 rings (SSSR count). The molecular weight excluding hydrogens is 308 g/mol. The van der Waals surface area contributed by atoms with Crippen LogP contribution in [0.5, 0.6) is 5.88 Å². The van der Waals surface area contributed by atoms with Gasteiger partial charge in [-0.3, -0.25) is 4.90 Å². The van der Waals surface area contributed by atoms with Crippen molar-refractivity contribution in [1.29, 1.82) is 0 Å². The van der Waals surface area contributed by atoms with E-state index in [2.05, 4.69) is 26.1 Å². The van der Waals surface area contributed by atoms with Crippen molar-refractivity contribution in [2.24, 2.45) is 0 Å². The Bertz CT molecular complexity index is 705. The maximum absolute atomic E-state index is 5.96. The molecule has 4 heterocycles. The molecule has 0 bridgehead atoms. The highest BCUT2D eigenvalue weighted by atomic mass is 16.5. The predicted molar refractivity (Wildman–Crippen MR) is 85.7 cm³/mol. The summed E-state index contributed by atoms with van der Waals surface area (Å²) in [6.07, 6.45) is 3.97. The molecule has 0 spiro atoms. The van der Waals surface area contributed by atoms with Crippen LogP contribution in [0.2, 0.25) is 0 Å². The number of aromatic nitrogens is 3. The first-order valence-corrected chi connectivity index (χ1v) is 8.38. The van der Waals surface area contributed by atoms with E-state index >= 15 is 0 Å². The smallest absolute Gasteiger partial charge is 0.231 e. The average Bonchev–Trinajstić information content (AvgIpc) is 3.24. The van der Waals surface area contributed by atoms with Gasteiger partial charge in [0.05, 0.1) is 19.1 Å². The van der Waals surface area contributed by atoms with Gasteiger partial charge in [0, 0.05) is 37.5 Å². The van der Waals surface area contributed by atoms with Gasteiger partial charge in [-0.25, -0.2) is 4.98 Å². The third-order valence-electron chi connectivity index (χ3n) is 4.92. The molecule has 0 saturated carbocycles. The van der Waals surface area contributed by atoms with E-state index in [9.17, 15) is 0 Å². The molecule has 0 aromatic carbocycles. The second-order valence-electron chi connectivity index (χ2n) is 6.48. The van der Waals surface area contributed by atoms with Gasteiger partial charge in [-0.05, 0) is 25.8 Å². The minimum absolute atomic E-state index is 0.202. The lowest BCUT2D eigenvalue weighted by Gasteiger charge is -2.39. The molecule has 2 fully saturated rings. The summed E-state index contributed by atoms with van der Waals surface area (Å²) < 4.78 is 16.8. The maximum atomic E-state index is 5.96. The lowest BCUT2D eigenvalue weighted by molar-refractivity contribution is 0.00816. The lowest BCUT2D eigenvalue weighted by Crippen LogP contribution is -2.48. The van der Waals surface area contributed by atoms with E-state index in [1.165, 1.54) is 0 Å². The zero-order valence-electron chi connectivity index (χ0n) is 14.0. The van der Waals surface area contributed by atoms with E-state index in [-0.39, 0.29) is 12.0 Å². The molecule has 2 aliphatic rings. The summed E-state index contributed by atoms with van der Waals surface area (Å²) in [4.78, 5) is 11.2. The molecule has 2 aliphatic heterocycles. The summed E-state index contributed by atoms with van der Waals surface area (Å²) in [6.45, 7) is 4.32. The first kappa shape index (κ1) is 15.5. The fourth-order valence-electron chi connectivity index (χ4n) is 3.84. The van der Waals surface area contributed by atoms with Crippen molar-refractivity contribution in [3.63, 3.8) is 0 Å². The SMILES string of the molecule is COc1ncccc1CN1C[C@@H](c2nc(C)no2)C[C@H]2OCC[C@H]21. The van der Waals surface area contributed by atoms with Crippen LogP contribution < -0.4 is 4.74 Å². The fourth-order valence-corrected chi connectivity index (χ4v) is 3.84. The van der Waals surface area contributed by atoms with Crippen LogP contribution in [-0.4, -0.2) is 52.4 Å². The van der Waals surface area contributed by atoms with Gasteiger partial charge in [0.25, 0.3) is 0 Å². The van der Waals surface area contributed by atoms with Crippen LogP contribution in [0.25, 0.3) is 0 Å².